The van der Waals surface area contributed by atoms with Crippen LogP contribution in [0.15, 0.2) is 85.5 Å². The minimum Gasteiger partial charge on any atom is -0.485 e. The van der Waals surface area contributed by atoms with Crippen LogP contribution in [-0.2, 0) is 0 Å². The number of rotatable bonds is 4. The second kappa shape index (κ2) is 6.61. The third kappa shape index (κ3) is 2.93. The molecule has 5 heteroatoms. The van der Waals surface area contributed by atoms with E-state index in [4.69, 9.17) is 4.74 Å². The molecule has 3 heterocycles. The first kappa shape index (κ1) is 15.6. The van der Waals surface area contributed by atoms with Crippen LogP contribution in [0.4, 0.5) is 0 Å². The lowest BCUT2D eigenvalue weighted by Crippen LogP contribution is -2.23. The van der Waals surface area contributed by atoms with E-state index in [9.17, 15) is 0 Å². The number of allylic oxidation sites excluding steroid dienone is 2. The van der Waals surface area contributed by atoms with E-state index in [0.29, 0.717) is 0 Å². The molecule has 5 rings (SSSR count). The average Bonchev–Trinajstić information content (AvgIpc) is 3.38. The van der Waals surface area contributed by atoms with Gasteiger partial charge >= 0.3 is 0 Å². The van der Waals surface area contributed by atoms with Crippen molar-refractivity contribution in [3.8, 4) is 16.9 Å². The van der Waals surface area contributed by atoms with Crippen molar-refractivity contribution in [2.45, 2.75) is 12.0 Å². The highest BCUT2D eigenvalue weighted by atomic mass is 16.5. The zero-order valence-corrected chi connectivity index (χ0v) is 14.5. The Labute approximate surface area is 156 Å². The number of aromatic amines is 2. The summed E-state index contributed by atoms with van der Waals surface area (Å²) in [4.78, 5) is 7.87. The number of fused-ring (bicyclic) bond motifs is 1. The molecule has 0 radical (unpaired) electrons. The molecule has 1 aromatic carbocycles. The molecule has 0 amide bonds. The minimum atomic E-state index is -0.0760. The topological polar surface area (TPSA) is 66.6 Å². The molecule has 2 N–H and O–H groups in total. The normalized spacial score (nSPS) is 18.8. The van der Waals surface area contributed by atoms with E-state index in [2.05, 4.69) is 44.5 Å². The van der Waals surface area contributed by atoms with Crippen LogP contribution in [0.3, 0.4) is 0 Å². The van der Waals surface area contributed by atoms with Crippen LogP contribution in [-0.4, -0.2) is 26.3 Å². The Bertz CT molecular complexity index is 1110. The molecule has 1 aliphatic carbocycles. The standard InChI is InChI=1S/C22H18N4O/c1-2-6-17(7-3-1)27-21-9-5-4-8-18(21)15-10-19-20(16-12-25-26-13-16)14-24-22(19)23-11-15/h1-14,18,21H,(H,23,24)(H,25,26). The molecule has 0 saturated carbocycles. The van der Waals surface area contributed by atoms with Crippen LogP contribution < -0.4 is 4.74 Å². The number of ether oxygens (including phenoxy) is 1. The summed E-state index contributed by atoms with van der Waals surface area (Å²) in [6, 6.07) is 12.1. The van der Waals surface area contributed by atoms with E-state index >= 15 is 0 Å². The van der Waals surface area contributed by atoms with Gasteiger partial charge in [-0.15, -0.1) is 0 Å². The third-order valence-electron chi connectivity index (χ3n) is 4.85. The zero-order chi connectivity index (χ0) is 18.1. The molecule has 4 aromatic rings. The van der Waals surface area contributed by atoms with Gasteiger partial charge in [-0.2, -0.15) is 5.10 Å². The highest BCUT2D eigenvalue weighted by Gasteiger charge is 2.23. The third-order valence-corrected chi connectivity index (χ3v) is 4.85. The highest BCUT2D eigenvalue weighted by Crippen LogP contribution is 2.33. The number of H-pyrrole nitrogens is 2. The monoisotopic (exact) mass is 354 g/mol. The molecule has 0 aliphatic heterocycles. The number of pyridine rings is 1. The van der Waals surface area contributed by atoms with Gasteiger partial charge in [-0.1, -0.05) is 36.4 Å². The maximum Gasteiger partial charge on any atom is 0.137 e. The van der Waals surface area contributed by atoms with Crippen LogP contribution in [0.25, 0.3) is 22.2 Å². The van der Waals surface area contributed by atoms with Crippen LogP contribution in [0, 0.1) is 0 Å². The van der Waals surface area contributed by atoms with Crippen LogP contribution in [0.2, 0.25) is 0 Å². The fourth-order valence-corrected chi connectivity index (χ4v) is 3.50. The van der Waals surface area contributed by atoms with E-state index in [1.807, 2.05) is 61.2 Å². The lowest BCUT2D eigenvalue weighted by molar-refractivity contribution is 0.232. The molecule has 0 bridgehead atoms. The molecule has 132 valence electrons. The van der Waals surface area contributed by atoms with Crippen molar-refractivity contribution < 1.29 is 4.74 Å². The second-order valence-electron chi connectivity index (χ2n) is 6.55. The molecule has 0 saturated heterocycles. The van der Waals surface area contributed by atoms with Crippen molar-refractivity contribution in [1.29, 1.82) is 0 Å². The SMILES string of the molecule is C1=CC(Oc2ccccc2)C(c2cnc3[nH]cc(-c4cn[nH]c4)c3c2)C=C1. The summed E-state index contributed by atoms with van der Waals surface area (Å²) in [6.45, 7) is 0. The summed E-state index contributed by atoms with van der Waals surface area (Å²) in [5.41, 5.74) is 4.11. The summed E-state index contributed by atoms with van der Waals surface area (Å²) < 4.78 is 6.23. The molecule has 2 atom stereocenters. The molecule has 0 spiro atoms. The van der Waals surface area contributed by atoms with Crippen LogP contribution >= 0.6 is 0 Å². The van der Waals surface area contributed by atoms with Crippen molar-refractivity contribution in [1.82, 2.24) is 20.2 Å². The Morgan fingerprint density at radius 3 is 2.70 bits per heavy atom. The number of benzene rings is 1. The first-order chi connectivity index (χ1) is 13.4. The first-order valence-electron chi connectivity index (χ1n) is 8.91. The van der Waals surface area contributed by atoms with E-state index in [1.54, 1.807) is 0 Å². The maximum atomic E-state index is 6.23. The van der Waals surface area contributed by atoms with Crippen molar-refractivity contribution in [2.24, 2.45) is 0 Å². The molecule has 3 aromatic heterocycles. The Balaban J connectivity index is 1.52. The smallest absolute Gasteiger partial charge is 0.137 e. The summed E-state index contributed by atoms with van der Waals surface area (Å²) >= 11 is 0. The number of hydrogen-bond acceptors (Lipinski definition) is 3. The molecular formula is C22H18N4O. The van der Waals surface area contributed by atoms with Gasteiger partial charge in [-0.05, 0) is 29.8 Å². The maximum absolute atomic E-state index is 6.23. The Morgan fingerprint density at radius 1 is 0.963 bits per heavy atom. The number of nitrogens with one attached hydrogen (secondary N) is 2. The molecule has 2 unspecified atom stereocenters. The summed E-state index contributed by atoms with van der Waals surface area (Å²) in [6.07, 6.45) is 15.9. The lowest BCUT2D eigenvalue weighted by atomic mass is 9.90. The van der Waals surface area contributed by atoms with Gasteiger partial charge in [0, 0.05) is 41.0 Å². The summed E-state index contributed by atoms with van der Waals surface area (Å²) in [7, 11) is 0. The fourth-order valence-electron chi connectivity index (χ4n) is 3.50. The highest BCUT2D eigenvalue weighted by molar-refractivity contribution is 5.93. The predicted octanol–water partition coefficient (Wildman–Crippen LogP) is 4.61. The quantitative estimate of drug-likeness (QED) is 0.562. The summed E-state index contributed by atoms with van der Waals surface area (Å²) in [5, 5.41) is 8.01. The Hall–Kier alpha value is -3.60. The number of para-hydroxylation sites is 1. The molecule has 1 aliphatic rings. The van der Waals surface area contributed by atoms with Gasteiger partial charge in [0.05, 0.1) is 6.20 Å². The van der Waals surface area contributed by atoms with E-state index in [-0.39, 0.29) is 12.0 Å². The van der Waals surface area contributed by atoms with Crippen molar-refractivity contribution in [2.75, 3.05) is 0 Å². The summed E-state index contributed by atoms with van der Waals surface area (Å²) in [5.74, 6) is 0.960. The zero-order valence-electron chi connectivity index (χ0n) is 14.5. The van der Waals surface area contributed by atoms with Crippen LogP contribution in [0.1, 0.15) is 11.5 Å². The van der Waals surface area contributed by atoms with E-state index in [0.717, 1.165) is 33.5 Å². The number of nitrogens with zero attached hydrogens (tertiary/aromatic N) is 2. The first-order valence-corrected chi connectivity index (χ1v) is 8.91. The molecular weight excluding hydrogens is 336 g/mol. The molecule has 5 nitrogen and oxygen atoms in total. The predicted molar refractivity (Wildman–Crippen MR) is 106 cm³/mol. The van der Waals surface area contributed by atoms with Gasteiger partial charge in [0.15, 0.2) is 0 Å². The molecule has 0 fully saturated rings. The second-order valence-corrected chi connectivity index (χ2v) is 6.55. The Kier molecular flexibility index (Phi) is 3.83. The van der Waals surface area contributed by atoms with Gasteiger partial charge in [0.2, 0.25) is 0 Å². The minimum absolute atomic E-state index is 0.0760. The van der Waals surface area contributed by atoms with E-state index < -0.39 is 0 Å². The molecule has 27 heavy (non-hydrogen) atoms. The number of aromatic nitrogens is 4. The van der Waals surface area contributed by atoms with Crippen molar-refractivity contribution in [3.05, 3.63) is 91.1 Å². The van der Waals surface area contributed by atoms with Gasteiger partial charge in [-0.3, -0.25) is 5.10 Å². The number of hydrogen-bond donors (Lipinski definition) is 2. The van der Waals surface area contributed by atoms with E-state index in [1.165, 1.54) is 0 Å². The van der Waals surface area contributed by atoms with Crippen molar-refractivity contribution >= 4 is 11.0 Å². The van der Waals surface area contributed by atoms with Gasteiger partial charge in [0.1, 0.15) is 17.5 Å². The lowest BCUT2D eigenvalue weighted by Gasteiger charge is -2.25. The average molecular weight is 354 g/mol. The van der Waals surface area contributed by atoms with Gasteiger partial charge in [0.25, 0.3) is 0 Å². The fraction of sp³-hybridized carbons (Fsp3) is 0.0909. The Morgan fingerprint density at radius 2 is 1.85 bits per heavy atom. The van der Waals surface area contributed by atoms with Crippen molar-refractivity contribution in [3.63, 3.8) is 0 Å². The largest absolute Gasteiger partial charge is 0.485 e. The van der Waals surface area contributed by atoms with Gasteiger partial charge in [-0.25, -0.2) is 4.98 Å². The van der Waals surface area contributed by atoms with Gasteiger partial charge < -0.3 is 9.72 Å². The van der Waals surface area contributed by atoms with Crippen LogP contribution in [0.5, 0.6) is 5.75 Å².